The van der Waals surface area contributed by atoms with Gasteiger partial charge in [-0.3, -0.25) is 9.59 Å². The van der Waals surface area contributed by atoms with Crippen LogP contribution in [-0.4, -0.2) is 10.9 Å². The largest absolute Gasteiger partial charge is 0.363 e. The van der Waals surface area contributed by atoms with E-state index in [0.717, 1.165) is 25.0 Å². The van der Waals surface area contributed by atoms with Crippen molar-refractivity contribution in [1.82, 2.24) is 10.3 Å². The lowest BCUT2D eigenvalue weighted by atomic mass is 10.1. The molecular weight excluding hydrogens is 216 g/mol. The Kier molecular flexibility index (Phi) is 5.46. The molecule has 0 aromatic carbocycles. The molecule has 0 spiro atoms. The molecule has 1 atom stereocenters. The van der Waals surface area contributed by atoms with Gasteiger partial charge in [-0.05, 0) is 13.3 Å². The summed E-state index contributed by atoms with van der Waals surface area (Å²) >= 11 is 0. The minimum absolute atomic E-state index is 0.0376. The van der Waals surface area contributed by atoms with Crippen molar-refractivity contribution in [3.63, 3.8) is 0 Å². The molecule has 0 bridgehead atoms. The number of amides is 1. The number of aromatic amines is 1. The van der Waals surface area contributed by atoms with Gasteiger partial charge in [0.1, 0.15) is 0 Å². The predicted molar refractivity (Wildman–Crippen MR) is 67.8 cm³/mol. The minimum atomic E-state index is -0.155. The molecule has 0 aliphatic carbocycles. The van der Waals surface area contributed by atoms with Crippen molar-refractivity contribution in [2.24, 2.45) is 0 Å². The van der Waals surface area contributed by atoms with E-state index in [1.165, 1.54) is 12.1 Å². The second-order valence-corrected chi connectivity index (χ2v) is 4.23. The zero-order valence-electron chi connectivity index (χ0n) is 10.5. The number of hydrogen-bond acceptors (Lipinski definition) is 2. The van der Waals surface area contributed by atoms with Crippen LogP contribution < -0.4 is 10.7 Å². The van der Waals surface area contributed by atoms with E-state index in [4.69, 9.17) is 0 Å². The summed E-state index contributed by atoms with van der Waals surface area (Å²) in [6, 6.07) is 2.81. The van der Waals surface area contributed by atoms with Crippen molar-refractivity contribution in [3.05, 3.63) is 34.2 Å². The Bertz CT molecular complexity index is 412. The Morgan fingerprint density at radius 2 is 2.24 bits per heavy atom. The van der Waals surface area contributed by atoms with E-state index in [9.17, 15) is 9.59 Å². The molecule has 1 aromatic rings. The van der Waals surface area contributed by atoms with Crippen LogP contribution in [0.15, 0.2) is 23.1 Å². The van der Waals surface area contributed by atoms with Gasteiger partial charge in [-0.1, -0.05) is 19.8 Å². The highest BCUT2D eigenvalue weighted by atomic mass is 16.1. The summed E-state index contributed by atoms with van der Waals surface area (Å²) in [6.07, 6.45) is 5.24. The standard InChI is InChI=1S/C13H20N2O2/c1-3-4-5-6-13(17)15-10(2)12-9-11(16)7-8-14-12/h7-10H,3-6H2,1-2H3,(H,14,16)(H,15,17). The van der Waals surface area contributed by atoms with Crippen molar-refractivity contribution in [1.29, 1.82) is 0 Å². The number of nitrogens with one attached hydrogen (secondary N) is 2. The zero-order valence-corrected chi connectivity index (χ0v) is 10.5. The fraction of sp³-hybridized carbons (Fsp3) is 0.538. The first-order valence-electron chi connectivity index (χ1n) is 6.11. The number of H-pyrrole nitrogens is 1. The van der Waals surface area contributed by atoms with Crippen LogP contribution in [0, 0.1) is 0 Å². The van der Waals surface area contributed by atoms with Gasteiger partial charge >= 0.3 is 0 Å². The maximum Gasteiger partial charge on any atom is 0.220 e. The number of carbonyl (C=O) groups excluding carboxylic acids is 1. The lowest BCUT2D eigenvalue weighted by molar-refractivity contribution is -0.121. The number of aromatic nitrogens is 1. The molecular formula is C13H20N2O2. The van der Waals surface area contributed by atoms with Crippen molar-refractivity contribution in [2.75, 3.05) is 0 Å². The van der Waals surface area contributed by atoms with Gasteiger partial charge in [-0.2, -0.15) is 0 Å². The summed E-state index contributed by atoms with van der Waals surface area (Å²) in [7, 11) is 0. The first-order chi connectivity index (χ1) is 8.13. The Morgan fingerprint density at radius 1 is 1.47 bits per heavy atom. The first kappa shape index (κ1) is 13.5. The fourth-order valence-electron chi connectivity index (χ4n) is 1.64. The van der Waals surface area contributed by atoms with Crippen LogP contribution in [0.5, 0.6) is 0 Å². The number of pyridine rings is 1. The van der Waals surface area contributed by atoms with Gasteiger partial charge in [-0.15, -0.1) is 0 Å². The molecule has 0 saturated heterocycles. The van der Waals surface area contributed by atoms with Crippen molar-refractivity contribution in [3.8, 4) is 0 Å². The number of carbonyl (C=O) groups is 1. The Balaban J connectivity index is 2.46. The number of unbranched alkanes of at least 4 members (excludes halogenated alkanes) is 2. The van der Waals surface area contributed by atoms with E-state index in [0.29, 0.717) is 6.42 Å². The fourth-order valence-corrected chi connectivity index (χ4v) is 1.64. The molecule has 0 fully saturated rings. The van der Waals surface area contributed by atoms with Gasteiger partial charge in [-0.25, -0.2) is 0 Å². The van der Waals surface area contributed by atoms with Crippen LogP contribution in [0.2, 0.25) is 0 Å². The molecule has 0 aliphatic heterocycles. The van der Waals surface area contributed by atoms with Crippen LogP contribution >= 0.6 is 0 Å². The third kappa shape index (κ3) is 4.85. The average Bonchev–Trinajstić information content (AvgIpc) is 2.29. The topological polar surface area (TPSA) is 62.0 Å². The lowest BCUT2D eigenvalue weighted by Gasteiger charge is -2.13. The lowest BCUT2D eigenvalue weighted by Crippen LogP contribution is -2.27. The van der Waals surface area contributed by atoms with Crippen molar-refractivity contribution in [2.45, 2.75) is 45.6 Å². The number of rotatable bonds is 6. The molecule has 4 nitrogen and oxygen atoms in total. The van der Waals surface area contributed by atoms with Gasteiger partial charge in [0, 0.05) is 30.4 Å². The smallest absolute Gasteiger partial charge is 0.220 e. The van der Waals surface area contributed by atoms with E-state index in [2.05, 4.69) is 17.2 Å². The second-order valence-electron chi connectivity index (χ2n) is 4.23. The Labute approximate surface area is 101 Å². The van der Waals surface area contributed by atoms with Crippen molar-refractivity contribution < 1.29 is 4.79 Å². The van der Waals surface area contributed by atoms with Gasteiger partial charge in [0.05, 0.1) is 6.04 Å². The quantitative estimate of drug-likeness (QED) is 0.743. The molecule has 1 aromatic heterocycles. The number of hydrogen-bond donors (Lipinski definition) is 2. The highest BCUT2D eigenvalue weighted by Gasteiger charge is 2.09. The van der Waals surface area contributed by atoms with E-state index in [-0.39, 0.29) is 17.4 Å². The van der Waals surface area contributed by atoms with Crippen LogP contribution in [0.3, 0.4) is 0 Å². The molecule has 94 valence electrons. The molecule has 1 heterocycles. The van der Waals surface area contributed by atoms with E-state index >= 15 is 0 Å². The average molecular weight is 236 g/mol. The summed E-state index contributed by atoms with van der Waals surface area (Å²) in [6.45, 7) is 3.97. The minimum Gasteiger partial charge on any atom is -0.363 e. The molecule has 0 saturated carbocycles. The summed E-state index contributed by atoms with van der Waals surface area (Å²) in [4.78, 5) is 25.7. The van der Waals surface area contributed by atoms with E-state index < -0.39 is 0 Å². The molecule has 2 N–H and O–H groups in total. The van der Waals surface area contributed by atoms with E-state index in [1.54, 1.807) is 6.20 Å². The first-order valence-corrected chi connectivity index (χ1v) is 6.11. The van der Waals surface area contributed by atoms with Crippen LogP contribution in [0.4, 0.5) is 0 Å². The van der Waals surface area contributed by atoms with Crippen LogP contribution in [0.1, 0.15) is 51.3 Å². The maximum atomic E-state index is 11.6. The SMILES string of the molecule is CCCCCC(=O)NC(C)c1cc(=O)cc[nH]1. The van der Waals surface area contributed by atoms with Gasteiger partial charge in [0.25, 0.3) is 0 Å². The summed E-state index contributed by atoms with van der Waals surface area (Å²) in [5.41, 5.74) is 0.687. The summed E-state index contributed by atoms with van der Waals surface area (Å²) in [5, 5.41) is 2.87. The zero-order chi connectivity index (χ0) is 12.7. The molecule has 1 rings (SSSR count). The molecule has 1 unspecified atom stereocenters. The molecule has 17 heavy (non-hydrogen) atoms. The Hall–Kier alpha value is -1.58. The molecule has 4 heteroatoms. The highest BCUT2D eigenvalue weighted by molar-refractivity contribution is 5.76. The van der Waals surface area contributed by atoms with Gasteiger partial charge in [0.2, 0.25) is 5.91 Å². The summed E-state index contributed by atoms with van der Waals surface area (Å²) < 4.78 is 0. The van der Waals surface area contributed by atoms with Crippen molar-refractivity contribution >= 4 is 5.91 Å². The Morgan fingerprint density at radius 3 is 2.88 bits per heavy atom. The molecule has 1 amide bonds. The monoisotopic (exact) mass is 236 g/mol. The van der Waals surface area contributed by atoms with Gasteiger partial charge in [0.15, 0.2) is 5.43 Å². The highest BCUT2D eigenvalue weighted by Crippen LogP contribution is 2.07. The van der Waals surface area contributed by atoms with Gasteiger partial charge < -0.3 is 10.3 Å². The van der Waals surface area contributed by atoms with Crippen LogP contribution in [-0.2, 0) is 4.79 Å². The maximum absolute atomic E-state index is 11.6. The molecule has 0 aliphatic rings. The van der Waals surface area contributed by atoms with E-state index in [1.807, 2.05) is 6.92 Å². The third-order valence-corrected chi connectivity index (χ3v) is 2.65. The third-order valence-electron chi connectivity index (χ3n) is 2.65. The van der Waals surface area contributed by atoms with Crippen LogP contribution in [0.25, 0.3) is 0 Å². The second kappa shape index (κ2) is 6.89. The predicted octanol–water partition coefficient (Wildman–Crippen LogP) is 2.13. The normalized spacial score (nSPS) is 12.1. The molecule has 0 radical (unpaired) electrons. The summed E-state index contributed by atoms with van der Waals surface area (Å²) in [5.74, 6) is 0.0376.